The van der Waals surface area contributed by atoms with Crippen molar-refractivity contribution in [1.29, 1.82) is 0 Å². The Balaban J connectivity index is 2.17. The minimum Gasteiger partial charge on any atom is -0.461 e. The van der Waals surface area contributed by atoms with Crippen LogP contribution in [0.4, 0.5) is 4.39 Å². The lowest BCUT2D eigenvalue weighted by Gasteiger charge is -2.09. The van der Waals surface area contributed by atoms with Crippen molar-refractivity contribution in [3.05, 3.63) is 64.5 Å². The van der Waals surface area contributed by atoms with Crippen LogP contribution in [0.3, 0.4) is 0 Å². The largest absolute Gasteiger partial charge is 0.461 e. The minimum atomic E-state index is -3.70. The number of halogens is 2. The van der Waals surface area contributed by atoms with E-state index < -0.39 is 26.5 Å². The average molecular weight is 467 g/mol. The van der Waals surface area contributed by atoms with Gasteiger partial charge in [-0.3, -0.25) is 0 Å². The fourth-order valence-corrected chi connectivity index (χ4v) is 3.62. The van der Waals surface area contributed by atoms with E-state index in [1.165, 1.54) is 16.8 Å². The molecule has 3 aromatic rings. The Bertz CT molecular complexity index is 1140. The first-order valence-corrected chi connectivity index (χ1v) is 10.9. The molecule has 0 amide bonds. The molecule has 1 aromatic heterocycles. The van der Waals surface area contributed by atoms with Crippen molar-refractivity contribution in [1.82, 2.24) is 9.78 Å². The lowest BCUT2D eigenvalue weighted by molar-refractivity contribution is 0.0519. The van der Waals surface area contributed by atoms with Gasteiger partial charge in [0.1, 0.15) is 10.7 Å². The topological polar surface area (TPSA) is 78.3 Å². The Morgan fingerprint density at radius 3 is 2.43 bits per heavy atom. The molecule has 0 saturated heterocycles. The van der Waals surface area contributed by atoms with E-state index in [1.807, 2.05) is 24.3 Å². The number of aromatic nitrogens is 2. The maximum Gasteiger partial charge on any atom is 0.358 e. The van der Waals surface area contributed by atoms with E-state index in [-0.39, 0.29) is 18.0 Å². The van der Waals surface area contributed by atoms with Gasteiger partial charge in [0.25, 0.3) is 0 Å². The Labute approximate surface area is 170 Å². The molecule has 0 aliphatic rings. The molecule has 0 fully saturated rings. The average Bonchev–Trinajstić information content (AvgIpc) is 3.07. The summed E-state index contributed by atoms with van der Waals surface area (Å²) >= 11 is 3.36. The van der Waals surface area contributed by atoms with E-state index in [0.29, 0.717) is 5.69 Å². The number of nitrogens with zero attached hydrogens (tertiary/aromatic N) is 2. The lowest BCUT2D eigenvalue weighted by atomic mass is 10.1. The van der Waals surface area contributed by atoms with Gasteiger partial charge in [-0.2, -0.15) is 5.10 Å². The second kappa shape index (κ2) is 7.84. The van der Waals surface area contributed by atoms with E-state index in [9.17, 15) is 17.6 Å². The number of ether oxygens (including phenoxy) is 1. The summed E-state index contributed by atoms with van der Waals surface area (Å²) in [6, 6.07) is 12.5. The van der Waals surface area contributed by atoms with Crippen LogP contribution < -0.4 is 0 Å². The number of carbonyl (C=O) groups is 1. The number of hydrogen-bond acceptors (Lipinski definition) is 5. The number of benzene rings is 2. The number of sulfone groups is 1. The summed E-state index contributed by atoms with van der Waals surface area (Å²) in [6.45, 7) is 1.88. The van der Waals surface area contributed by atoms with E-state index in [2.05, 4.69) is 21.0 Å². The van der Waals surface area contributed by atoms with Gasteiger partial charge in [-0.05, 0) is 37.3 Å². The van der Waals surface area contributed by atoms with Crippen LogP contribution in [0.25, 0.3) is 16.9 Å². The first-order chi connectivity index (χ1) is 13.2. The van der Waals surface area contributed by atoms with Crippen molar-refractivity contribution in [2.75, 3.05) is 12.9 Å². The lowest BCUT2D eigenvalue weighted by Crippen LogP contribution is -2.07. The van der Waals surface area contributed by atoms with E-state index in [0.717, 1.165) is 22.4 Å². The monoisotopic (exact) mass is 466 g/mol. The molecule has 2 aromatic carbocycles. The second-order valence-electron chi connectivity index (χ2n) is 5.94. The van der Waals surface area contributed by atoms with Crippen molar-refractivity contribution in [2.24, 2.45) is 0 Å². The Morgan fingerprint density at radius 2 is 1.86 bits per heavy atom. The van der Waals surface area contributed by atoms with Crippen LogP contribution in [0.2, 0.25) is 0 Å². The molecule has 3 rings (SSSR count). The predicted octanol–water partition coefficient (Wildman–Crippen LogP) is 4.02. The Hall–Kier alpha value is -2.52. The van der Waals surface area contributed by atoms with Crippen LogP contribution in [0.5, 0.6) is 0 Å². The molecule has 9 heteroatoms. The molecule has 146 valence electrons. The molecule has 0 bridgehead atoms. The van der Waals surface area contributed by atoms with Gasteiger partial charge >= 0.3 is 5.97 Å². The molecule has 0 aliphatic carbocycles. The van der Waals surface area contributed by atoms with Crippen LogP contribution in [-0.2, 0) is 14.6 Å². The third kappa shape index (κ3) is 4.15. The molecule has 0 aliphatic heterocycles. The first kappa shape index (κ1) is 20.2. The summed E-state index contributed by atoms with van der Waals surface area (Å²) in [5, 5.41) is 4.25. The van der Waals surface area contributed by atoms with Gasteiger partial charge in [0.05, 0.1) is 18.0 Å². The summed E-state index contributed by atoms with van der Waals surface area (Å²) < 4.78 is 45.0. The van der Waals surface area contributed by atoms with Crippen LogP contribution in [-0.4, -0.2) is 37.0 Å². The molecule has 0 N–H and O–H groups in total. The molecule has 6 nitrogen and oxygen atoms in total. The quantitative estimate of drug-likeness (QED) is 0.530. The third-order valence-corrected chi connectivity index (χ3v) is 5.55. The summed E-state index contributed by atoms with van der Waals surface area (Å²) in [4.78, 5) is 11.7. The number of hydrogen-bond donors (Lipinski definition) is 0. The van der Waals surface area contributed by atoms with Crippen LogP contribution in [0, 0.1) is 5.82 Å². The molecule has 28 heavy (non-hydrogen) atoms. The van der Waals surface area contributed by atoms with E-state index in [1.54, 1.807) is 13.0 Å². The Kier molecular flexibility index (Phi) is 5.66. The fraction of sp³-hybridized carbons (Fsp3) is 0.158. The molecule has 0 unspecified atom stereocenters. The van der Waals surface area contributed by atoms with Gasteiger partial charge in [-0.25, -0.2) is 22.3 Å². The van der Waals surface area contributed by atoms with Gasteiger partial charge in [-0.15, -0.1) is 0 Å². The highest BCUT2D eigenvalue weighted by molar-refractivity contribution is 9.10. The highest BCUT2D eigenvalue weighted by Gasteiger charge is 2.20. The predicted molar refractivity (Wildman–Crippen MR) is 106 cm³/mol. The first-order valence-electron chi connectivity index (χ1n) is 8.24. The summed E-state index contributed by atoms with van der Waals surface area (Å²) in [7, 11) is -3.70. The number of carbonyl (C=O) groups excluding carboxylic acids is 1. The SMILES string of the molecule is CCOC(=O)c1cc(-c2ccc(Br)cc2)n(-c2ccc(S(C)(=O)=O)c(F)c2)n1. The molecular weight excluding hydrogens is 451 g/mol. The maximum atomic E-state index is 14.4. The van der Waals surface area contributed by atoms with Crippen molar-refractivity contribution < 1.29 is 22.3 Å². The highest BCUT2D eigenvalue weighted by atomic mass is 79.9. The zero-order chi connectivity index (χ0) is 20.5. The maximum absolute atomic E-state index is 14.4. The van der Waals surface area contributed by atoms with Crippen molar-refractivity contribution in [3.63, 3.8) is 0 Å². The normalized spacial score (nSPS) is 11.4. The molecule has 0 saturated carbocycles. The number of esters is 1. The molecule has 0 radical (unpaired) electrons. The summed E-state index contributed by atoms with van der Waals surface area (Å²) in [5.74, 6) is -1.50. The molecule has 0 atom stereocenters. The zero-order valence-corrected chi connectivity index (χ0v) is 17.4. The van der Waals surface area contributed by atoms with Gasteiger partial charge in [-0.1, -0.05) is 28.1 Å². The van der Waals surface area contributed by atoms with Crippen LogP contribution >= 0.6 is 15.9 Å². The third-order valence-electron chi connectivity index (χ3n) is 3.89. The van der Waals surface area contributed by atoms with Crippen molar-refractivity contribution in [3.8, 4) is 16.9 Å². The van der Waals surface area contributed by atoms with Gasteiger partial charge in [0, 0.05) is 22.4 Å². The second-order valence-corrected chi connectivity index (χ2v) is 8.84. The number of rotatable bonds is 5. The smallest absolute Gasteiger partial charge is 0.358 e. The fourth-order valence-electron chi connectivity index (χ4n) is 2.63. The van der Waals surface area contributed by atoms with Gasteiger partial charge in [0.15, 0.2) is 15.5 Å². The minimum absolute atomic E-state index is 0.0624. The molecular formula is C19H16BrFN2O4S. The van der Waals surface area contributed by atoms with Gasteiger partial charge in [0.2, 0.25) is 0 Å². The zero-order valence-electron chi connectivity index (χ0n) is 15.0. The summed E-state index contributed by atoms with van der Waals surface area (Å²) in [5.41, 5.74) is 1.60. The molecule has 0 spiro atoms. The van der Waals surface area contributed by atoms with E-state index in [4.69, 9.17) is 4.74 Å². The molecule has 1 heterocycles. The van der Waals surface area contributed by atoms with Crippen molar-refractivity contribution in [2.45, 2.75) is 11.8 Å². The Morgan fingerprint density at radius 1 is 1.18 bits per heavy atom. The standard InChI is InChI=1S/C19H16BrFN2O4S/c1-3-27-19(24)16-11-17(12-4-6-13(20)7-5-12)23(22-16)14-8-9-18(15(21)10-14)28(2,25)26/h4-11H,3H2,1-2H3. The van der Waals surface area contributed by atoms with E-state index >= 15 is 0 Å². The van der Waals surface area contributed by atoms with Crippen LogP contribution in [0.1, 0.15) is 17.4 Å². The van der Waals surface area contributed by atoms with Crippen LogP contribution in [0.15, 0.2) is 57.9 Å². The van der Waals surface area contributed by atoms with Crippen molar-refractivity contribution >= 4 is 31.7 Å². The van der Waals surface area contributed by atoms with Gasteiger partial charge < -0.3 is 4.74 Å². The highest BCUT2D eigenvalue weighted by Crippen LogP contribution is 2.27. The summed E-state index contributed by atoms with van der Waals surface area (Å²) in [6.07, 6.45) is 0.936.